The summed E-state index contributed by atoms with van der Waals surface area (Å²) < 4.78 is 0. The lowest BCUT2D eigenvalue weighted by Crippen LogP contribution is -2.33. The van der Waals surface area contributed by atoms with Crippen molar-refractivity contribution in [2.45, 2.75) is 19.3 Å². The van der Waals surface area contributed by atoms with E-state index in [0.29, 0.717) is 13.1 Å². The van der Waals surface area contributed by atoms with Crippen LogP contribution >= 0.6 is 0 Å². The average molecular weight is 258 g/mol. The van der Waals surface area contributed by atoms with E-state index in [1.807, 2.05) is 0 Å². The number of aliphatic imine (C=N–C) groups is 2. The molecule has 0 aliphatic heterocycles. The van der Waals surface area contributed by atoms with Crippen molar-refractivity contribution in [3.8, 4) is 0 Å². The van der Waals surface area contributed by atoms with Gasteiger partial charge in [-0.05, 0) is 19.3 Å². The molecule has 0 bridgehead atoms. The average Bonchev–Trinajstić information content (AvgIpc) is 2.27. The molecule has 3 amide bonds. The molecule has 9 heteroatoms. The molecular formula is C9H14N4O5. The van der Waals surface area contributed by atoms with Gasteiger partial charge in [0, 0.05) is 0 Å². The molecule has 0 aliphatic carbocycles. The van der Waals surface area contributed by atoms with Crippen LogP contribution in [-0.2, 0) is 9.59 Å². The van der Waals surface area contributed by atoms with E-state index < -0.39 is 12.1 Å². The number of carbonyl (C=O) groups excluding carboxylic acids is 3. The number of hydrogen-bond acceptors (Lipinski definition) is 6. The molecule has 0 spiro atoms. The summed E-state index contributed by atoms with van der Waals surface area (Å²) in [6.45, 7) is 1.04. The Morgan fingerprint density at radius 2 is 1.50 bits per heavy atom. The second-order valence-electron chi connectivity index (χ2n) is 2.80. The fraction of sp³-hybridized carbons (Fsp3) is 0.556. The van der Waals surface area contributed by atoms with Crippen molar-refractivity contribution in [3.63, 3.8) is 0 Å². The highest BCUT2D eigenvalue weighted by atomic mass is 16.4. The summed E-state index contributed by atoms with van der Waals surface area (Å²) in [4.78, 5) is 44.8. The lowest BCUT2D eigenvalue weighted by atomic mass is 10.2. The molecule has 0 aromatic rings. The molecule has 0 aromatic heterocycles. The van der Waals surface area contributed by atoms with Gasteiger partial charge in [-0.1, -0.05) is 0 Å². The Bertz CT molecular complexity index is 313. The Morgan fingerprint density at radius 1 is 1.06 bits per heavy atom. The molecular weight excluding hydrogens is 244 g/mol. The minimum atomic E-state index is -1.44. The number of primary amides is 1. The van der Waals surface area contributed by atoms with Gasteiger partial charge in [0.15, 0.2) is 0 Å². The highest BCUT2D eigenvalue weighted by Gasteiger charge is 1.94. The van der Waals surface area contributed by atoms with Crippen LogP contribution < -0.4 is 11.1 Å². The van der Waals surface area contributed by atoms with E-state index in [1.54, 1.807) is 0 Å². The summed E-state index contributed by atoms with van der Waals surface area (Å²) in [6, 6.07) is -1.06. The first-order chi connectivity index (χ1) is 8.54. The smallest absolute Gasteiger partial charge is 0.412 e. The lowest BCUT2D eigenvalue weighted by molar-refractivity contribution is 0.193. The van der Waals surface area contributed by atoms with E-state index in [9.17, 15) is 19.2 Å². The number of amides is 3. The van der Waals surface area contributed by atoms with Crippen molar-refractivity contribution in [1.29, 1.82) is 0 Å². The Balaban J connectivity index is 0. The number of nitrogens with two attached hydrogens (primary N) is 1. The van der Waals surface area contributed by atoms with Gasteiger partial charge in [-0.2, -0.15) is 0 Å². The topological polar surface area (TPSA) is 151 Å². The van der Waals surface area contributed by atoms with Gasteiger partial charge < -0.3 is 10.8 Å². The van der Waals surface area contributed by atoms with Crippen LogP contribution in [0.1, 0.15) is 19.3 Å². The zero-order valence-electron chi connectivity index (χ0n) is 9.59. The predicted molar refractivity (Wildman–Crippen MR) is 60.6 cm³/mol. The molecule has 0 aliphatic rings. The number of nitrogens with one attached hydrogen (secondary N) is 1. The minimum Gasteiger partial charge on any atom is -0.465 e. The Labute approximate surface area is 103 Å². The first-order valence-electron chi connectivity index (χ1n) is 4.91. The zero-order chi connectivity index (χ0) is 14.2. The van der Waals surface area contributed by atoms with Gasteiger partial charge in [0.1, 0.15) is 0 Å². The second kappa shape index (κ2) is 14.5. The largest absolute Gasteiger partial charge is 0.465 e. The highest BCUT2D eigenvalue weighted by molar-refractivity contribution is 5.88. The van der Waals surface area contributed by atoms with Crippen LogP contribution in [-0.4, -0.2) is 42.5 Å². The van der Waals surface area contributed by atoms with Crippen LogP contribution in [0.5, 0.6) is 0 Å². The van der Waals surface area contributed by atoms with Gasteiger partial charge in [0.2, 0.25) is 12.2 Å². The van der Waals surface area contributed by atoms with Gasteiger partial charge in [0.25, 0.3) is 0 Å². The van der Waals surface area contributed by atoms with Crippen LogP contribution in [0, 0.1) is 0 Å². The van der Waals surface area contributed by atoms with Crippen molar-refractivity contribution in [3.05, 3.63) is 0 Å². The molecule has 9 nitrogen and oxygen atoms in total. The number of carbonyl (C=O) groups is 2. The number of hydrogen-bond donors (Lipinski definition) is 3. The third-order valence-corrected chi connectivity index (χ3v) is 1.40. The van der Waals surface area contributed by atoms with Gasteiger partial charge in [-0.25, -0.2) is 34.5 Å². The van der Waals surface area contributed by atoms with Crippen LogP contribution in [0.25, 0.3) is 0 Å². The summed E-state index contributed by atoms with van der Waals surface area (Å²) in [5.74, 6) is 0. The monoisotopic (exact) mass is 258 g/mol. The number of urea groups is 1. The fourth-order valence-electron chi connectivity index (χ4n) is 0.755. The molecule has 4 N–H and O–H groups in total. The van der Waals surface area contributed by atoms with Crippen molar-refractivity contribution in [1.82, 2.24) is 5.32 Å². The van der Waals surface area contributed by atoms with Crippen LogP contribution in [0.3, 0.4) is 0 Å². The molecule has 0 saturated heterocycles. The number of imide groups is 1. The highest BCUT2D eigenvalue weighted by Crippen LogP contribution is 1.94. The van der Waals surface area contributed by atoms with Crippen LogP contribution in [0.4, 0.5) is 9.59 Å². The maximum atomic E-state index is 9.58. The van der Waals surface area contributed by atoms with Crippen molar-refractivity contribution in [2.75, 3.05) is 13.1 Å². The van der Waals surface area contributed by atoms with Gasteiger partial charge in [-0.3, -0.25) is 0 Å². The maximum absolute atomic E-state index is 9.58. The number of rotatable bonds is 6. The first-order valence-corrected chi connectivity index (χ1v) is 4.91. The van der Waals surface area contributed by atoms with E-state index in [-0.39, 0.29) is 0 Å². The Hall–Kier alpha value is -2.50. The molecule has 18 heavy (non-hydrogen) atoms. The molecule has 0 saturated carbocycles. The number of nitrogens with zero attached hydrogens (tertiary/aromatic N) is 2. The van der Waals surface area contributed by atoms with Crippen molar-refractivity contribution < 1.29 is 24.3 Å². The zero-order valence-corrected chi connectivity index (χ0v) is 9.59. The number of carboxylic acid groups (broad SMARTS) is 1. The van der Waals surface area contributed by atoms with E-state index in [2.05, 4.69) is 15.7 Å². The number of unbranched alkanes of at least 4 members (excludes halogenated alkanes) is 2. The van der Waals surface area contributed by atoms with E-state index in [4.69, 9.17) is 5.11 Å². The SMILES string of the molecule is NC(=O)NC(=O)O.O=C=NCCCCCN=C=O. The van der Waals surface area contributed by atoms with Gasteiger partial charge in [-0.15, -0.1) is 0 Å². The van der Waals surface area contributed by atoms with E-state index >= 15 is 0 Å². The molecule has 0 radical (unpaired) electrons. The summed E-state index contributed by atoms with van der Waals surface area (Å²) in [5, 5.41) is 9.03. The van der Waals surface area contributed by atoms with Gasteiger partial charge >= 0.3 is 12.1 Å². The molecule has 0 atom stereocenters. The maximum Gasteiger partial charge on any atom is 0.412 e. The van der Waals surface area contributed by atoms with Crippen molar-refractivity contribution in [2.24, 2.45) is 15.7 Å². The molecule has 0 fully saturated rings. The predicted octanol–water partition coefficient (Wildman–Crippen LogP) is 0.161. The molecule has 100 valence electrons. The van der Waals surface area contributed by atoms with Crippen molar-refractivity contribution >= 4 is 24.3 Å². The second-order valence-corrected chi connectivity index (χ2v) is 2.80. The summed E-state index contributed by atoms with van der Waals surface area (Å²) in [6.07, 6.45) is 4.11. The summed E-state index contributed by atoms with van der Waals surface area (Å²) in [7, 11) is 0. The third-order valence-electron chi connectivity index (χ3n) is 1.40. The van der Waals surface area contributed by atoms with Crippen LogP contribution in [0.15, 0.2) is 9.98 Å². The quantitative estimate of drug-likeness (QED) is 0.352. The van der Waals surface area contributed by atoms with E-state index in [1.165, 1.54) is 17.5 Å². The first kappa shape index (κ1) is 17.9. The van der Waals surface area contributed by atoms with E-state index in [0.717, 1.165) is 19.3 Å². The third kappa shape index (κ3) is 23.4. The molecule has 0 unspecified atom stereocenters. The Kier molecular flexibility index (Phi) is 14.4. The molecule has 0 heterocycles. The number of isocyanates is 2. The molecule has 0 aromatic carbocycles. The normalized spacial score (nSPS) is 7.78. The standard InChI is InChI=1S/C7H10N2O2.C2H4N2O3/c10-6-8-4-2-1-3-5-9-7-11;3-1(5)4-2(6)7/h1-5H2;(H,6,7)(H3,3,4,5). The lowest BCUT2D eigenvalue weighted by Gasteiger charge is -1.90. The minimum absolute atomic E-state index is 0.522. The fourth-order valence-corrected chi connectivity index (χ4v) is 0.755. The molecule has 0 rings (SSSR count). The summed E-state index contributed by atoms with van der Waals surface area (Å²) in [5.41, 5.74) is 4.36. The van der Waals surface area contributed by atoms with Gasteiger partial charge in [0.05, 0.1) is 13.1 Å². The van der Waals surface area contributed by atoms with Crippen LogP contribution in [0.2, 0.25) is 0 Å². The summed E-state index contributed by atoms with van der Waals surface area (Å²) >= 11 is 0. The Morgan fingerprint density at radius 3 is 1.72 bits per heavy atom.